The van der Waals surface area contributed by atoms with Crippen molar-refractivity contribution in [2.45, 2.75) is 6.92 Å². The van der Waals surface area contributed by atoms with Crippen LogP contribution in [0.15, 0.2) is 54.7 Å². The zero-order valence-electron chi connectivity index (χ0n) is 13.4. The van der Waals surface area contributed by atoms with Crippen LogP contribution in [0.2, 0.25) is 0 Å². The van der Waals surface area contributed by atoms with Gasteiger partial charge in [0.1, 0.15) is 5.69 Å². The van der Waals surface area contributed by atoms with Crippen molar-refractivity contribution in [1.29, 1.82) is 0 Å². The van der Waals surface area contributed by atoms with E-state index in [1.807, 2.05) is 36.4 Å². The first kappa shape index (κ1) is 15.6. The van der Waals surface area contributed by atoms with Crippen LogP contribution in [0.25, 0.3) is 27.1 Å². The van der Waals surface area contributed by atoms with Gasteiger partial charge < -0.3 is 9.67 Å². The molecule has 1 N–H and O–H groups in total. The number of aromatic carboxylic acids is 1. The number of hydrogen-bond donors (Lipinski definition) is 1. The van der Waals surface area contributed by atoms with Crippen molar-refractivity contribution < 1.29 is 9.90 Å². The predicted octanol–water partition coefficient (Wildman–Crippen LogP) is 4.92. The zero-order chi connectivity index (χ0) is 17.3. The van der Waals surface area contributed by atoms with E-state index in [0.29, 0.717) is 11.3 Å². The quantitative estimate of drug-likeness (QED) is 0.697. The van der Waals surface area contributed by atoms with Crippen LogP contribution in [0.3, 0.4) is 0 Å². The minimum atomic E-state index is -1.04. The van der Waals surface area contributed by atoms with Crippen molar-refractivity contribution in [3.8, 4) is 22.3 Å². The normalized spacial score (nSPS) is 10.4. The molecule has 118 valence electrons. The van der Waals surface area contributed by atoms with Gasteiger partial charge in [-0.1, -0.05) is 48.5 Å². The maximum Gasteiger partial charge on any atom is 0.351 e. The molecule has 0 fully saturated rings. The molecular weight excluding hydrogens is 300 g/mol. The van der Waals surface area contributed by atoms with Crippen LogP contribution in [0.4, 0.5) is 5.69 Å². The molecule has 0 atom stereocenters. The number of hydrogen-bond acceptors (Lipinski definition) is 1. The van der Waals surface area contributed by atoms with E-state index in [1.165, 1.54) is 10.1 Å². The Morgan fingerprint density at radius 2 is 1.71 bits per heavy atom. The molecular formula is C20H16N2O2. The highest BCUT2D eigenvalue weighted by Crippen LogP contribution is 2.36. The number of aromatic nitrogens is 1. The van der Waals surface area contributed by atoms with Crippen LogP contribution >= 0.6 is 0 Å². The van der Waals surface area contributed by atoms with Gasteiger partial charge in [0.15, 0.2) is 0 Å². The number of rotatable bonds is 3. The summed E-state index contributed by atoms with van der Waals surface area (Å²) in [5, 5.41) is 9.46. The Kier molecular flexibility index (Phi) is 3.93. The third-order valence-electron chi connectivity index (χ3n) is 4.11. The van der Waals surface area contributed by atoms with Crippen molar-refractivity contribution in [1.82, 2.24) is 4.57 Å². The van der Waals surface area contributed by atoms with Gasteiger partial charge in [0.05, 0.1) is 6.57 Å². The molecule has 3 aromatic rings. The highest BCUT2D eigenvalue weighted by Gasteiger charge is 2.21. The lowest BCUT2D eigenvalue weighted by Gasteiger charge is -2.08. The molecule has 0 aliphatic carbocycles. The second kappa shape index (κ2) is 6.05. The maximum absolute atomic E-state index is 11.6. The first-order chi connectivity index (χ1) is 11.5. The number of carbonyl (C=O) groups is 1. The van der Waals surface area contributed by atoms with E-state index in [0.717, 1.165) is 16.7 Å². The third-order valence-corrected chi connectivity index (χ3v) is 4.11. The van der Waals surface area contributed by atoms with E-state index in [1.54, 1.807) is 13.2 Å². The van der Waals surface area contributed by atoms with Crippen LogP contribution in [-0.2, 0) is 7.05 Å². The zero-order valence-corrected chi connectivity index (χ0v) is 13.4. The molecule has 0 amide bonds. The average molecular weight is 316 g/mol. The second-order valence-corrected chi connectivity index (χ2v) is 5.66. The summed E-state index contributed by atoms with van der Waals surface area (Å²) < 4.78 is 1.49. The standard InChI is InChI=1S/C20H16N2O2/c1-13-6-4-5-7-16(13)14-8-10-15(11-9-14)18-17(21-2)12-22(3)19(18)20(23)24/h4-12H,1,3H3,(H,23,24). The lowest BCUT2D eigenvalue weighted by Crippen LogP contribution is -2.05. The maximum atomic E-state index is 11.6. The van der Waals surface area contributed by atoms with Crippen LogP contribution in [0, 0.1) is 13.5 Å². The number of benzene rings is 2. The lowest BCUT2D eigenvalue weighted by molar-refractivity contribution is 0.0687. The summed E-state index contributed by atoms with van der Waals surface area (Å²) in [7, 11) is 1.64. The summed E-state index contributed by atoms with van der Waals surface area (Å²) in [6.45, 7) is 9.36. The molecule has 0 bridgehead atoms. The first-order valence-electron chi connectivity index (χ1n) is 7.49. The van der Waals surface area contributed by atoms with Crippen LogP contribution in [0.1, 0.15) is 16.1 Å². The molecule has 0 spiro atoms. The molecule has 0 saturated heterocycles. The van der Waals surface area contributed by atoms with Gasteiger partial charge in [-0.25, -0.2) is 9.64 Å². The molecule has 1 heterocycles. The number of carboxylic acid groups (broad SMARTS) is 1. The summed E-state index contributed by atoms with van der Waals surface area (Å²) in [6.07, 6.45) is 1.56. The van der Waals surface area contributed by atoms with Gasteiger partial charge in [0.2, 0.25) is 5.69 Å². The minimum Gasteiger partial charge on any atom is -0.477 e. The van der Waals surface area contributed by atoms with Gasteiger partial charge in [-0.3, -0.25) is 0 Å². The molecule has 4 nitrogen and oxygen atoms in total. The lowest BCUT2D eigenvalue weighted by atomic mass is 9.97. The Hall–Kier alpha value is -3.32. The highest BCUT2D eigenvalue weighted by atomic mass is 16.4. The Balaban J connectivity index is 2.12. The van der Waals surface area contributed by atoms with Crippen molar-refractivity contribution in [2.24, 2.45) is 7.05 Å². The fourth-order valence-corrected chi connectivity index (χ4v) is 2.95. The van der Waals surface area contributed by atoms with E-state index in [2.05, 4.69) is 23.9 Å². The molecule has 4 heteroatoms. The van der Waals surface area contributed by atoms with E-state index in [4.69, 9.17) is 6.57 Å². The second-order valence-electron chi connectivity index (χ2n) is 5.66. The van der Waals surface area contributed by atoms with Gasteiger partial charge in [-0.05, 0) is 29.2 Å². The van der Waals surface area contributed by atoms with Gasteiger partial charge in [0, 0.05) is 18.8 Å². The van der Waals surface area contributed by atoms with Crippen LogP contribution in [0.5, 0.6) is 0 Å². The van der Waals surface area contributed by atoms with Gasteiger partial charge >= 0.3 is 5.97 Å². The summed E-state index contributed by atoms with van der Waals surface area (Å²) >= 11 is 0. The van der Waals surface area contributed by atoms with E-state index < -0.39 is 5.97 Å². The average Bonchev–Trinajstić information content (AvgIpc) is 2.92. The van der Waals surface area contributed by atoms with Crippen molar-refractivity contribution in [3.05, 3.63) is 77.4 Å². The molecule has 1 aromatic heterocycles. The molecule has 0 aliphatic rings. The van der Waals surface area contributed by atoms with Gasteiger partial charge in [-0.15, -0.1) is 0 Å². The van der Waals surface area contributed by atoms with Gasteiger partial charge in [0.25, 0.3) is 0 Å². The summed E-state index contributed by atoms with van der Waals surface area (Å²) in [5.74, 6) is -1.04. The summed E-state index contributed by atoms with van der Waals surface area (Å²) in [4.78, 5) is 15.0. The Labute approximate surface area is 140 Å². The highest BCUT2D eigenvalue weighted by molar-refractivity contribution is 5.99. The minimum absolute atomic E-state index is 0.129. The largest absolute Gasteiger partial charge is 0.477 e. The van der Waals surface area contributed by atoms with Crippen LogP contribution in [-0.4, -0.2) is 15.6 Å². The van der Waals surface area contributed by atoms with Crippen LogP contribution < -0.4 is 0 Å². The fraction of sp³-hybridized carbons (Fsp3) is 0.100. The number of nitrogens with zero attached hydrogens (tertiary/aromatic N) is 2. The summed E-state index contributed by atoms with van der Waals surface area (Å²) in [5.41, 5.74) is 5.06. The molecule has 0 aliphatic heterocycles. The number of aryl methyl sites for hydroxylation is 2. The Morgan fingerprint density at radius 3 is 2.29 bits per heavy atom. The molecule has 2 aromatic carbocycles. The van der Waals surface area contributed by atoms with Crippen molar-refractivity contribution in [3.63, 3.8) is 0 Å². The fourth-order valence-electron chi connectivity index (χ4n) is 2.95. The molecule has 0 radical (unpaired) electrons. The van der Waals surface area contributed by atoms with E-state index in [-0.39, 0.29) is 5.69 Å². The molecule has 3 rings (SSSR count). The number of carboxylic acids is 1. The Morgan fingerprint density at radius 1 is 1.08 bits per heavy atom. The molecule has 24 heavy (non-hydrogen) atoms. The van der Waals surface area contributed by atoms with E-state index in [9.17, 15) is 9.90 Å². The third kappa shape index (κ3) is 2.57. The SMILES string of the molecule is [C-]#[N+]c1cn(C)c(C(=O)O)c1-c1ccc(-c2ccccc2C)cc1. The van der Waals surface area contributed by atoms with Crippen molar-refractivity contribution in [2.75, 3.05) is 0 Å². The van der Waals surface area contributed by atoms with Gasteiger partial charge in [-0.2, -0.15) is 0 Å². The molecule has 0 unspecified atom stereocenters. The predicted molar refractivity (Wildman–Crippen MR) is 94.2 cm³/mol. The first-order valence-corrected chi connectivity index (χ1v) is 7.49. The summed E-state index contributed by atoms with van der Waals surface area (Å²) in [6, 6.07) is 15.8. The molecule has 0 saturated carbocycles. The van der Waals surface area contributed by atoms with E-state index >= 15 is 0 Å². The Bertz CT molecular complexity index is 960. The topological polar surface area (TPSA) is 46.6 Å². The van der Waals surface area contributed by atoms with Crippen molar-refractivity contribution >= 4 is 11.7 Å². The monoisotopic (exact) mass is 316 g/mol. The smallest absolute Gasteiger partial charge is 0.351 e.